The highest BCUT2D eigenvalue weighted by molar-refractivity contribution is 5.72. The second-order valence-electron chi connectivity index (χ2n) is 18.8. The van der Waals surface area contributed by atoms with Crippen molar-refractivity contribution in [3.05, 3.63) is 0 Å². The van der Waals surface area contributed by atoms with Crippen molar-refractivity contribution in [2.24, 2.45) is 17.8 Å². The lowest BCUT2D eigenvalue weighted by molar-refractivity contribution is -0.149. The molecule has 0 aromatic carbocycles. The van der Waals surface area contributed by atoms with Crippen LogP contribution in [0, 0.1) is 17.8 Å². The van der Waals surface area contributed by atoms with Gasteiger partial charge in [-0.15, -0.1) is 0 Å². The van der Waals surface area contributed by atoms with Crippen LogP contribution in [0.1, 0.15) is 266 Å². The summed E-state index contributed by atoms with van der Waals surface area (Å²) in [5.74, 6) is 1.60. The molecule has 59 heavy (non-hydrogen) atoms. The van der Waals surface area contributed by atoms with Crippen molar-refractivity contribution >= 4 is 11.9 Å². The van der Waals surface area contributed by atoms with Gasteiger partial charge in [-0.25, -0.2) is 0 Å². The second kappa shape index (κ2) is 44.9. The molecule has 0 saturated carbocycles. The van der Waals surface area contributed by atoms with Crippen LogP contribution in [-0.4, -0.2) is 62.9 Å². The predicted molar refractivity (Wildman–Crippen MR) is 255 cm³/mol. The van der Waals surface area contributed by atoms with E-state index < -0.39 is 0 Å². The molecule has 6 heteroatoms. The van der Waals surface area contributed by atoms with Gasteiger partial charge in [-0.3, -0.25) is 9.59 Å². The van der Waals surface area contributed by atoms with Gasteiger partial charge in [-0.1, -0.05) is 201 Å². The number of esters is 2. The Kier molecular flexibility index (Phi) is 44.0. The first-order valence-corrected chi connectivity index (χ1v) is 26.4. The summed E-state index contributed by atoms with van der Waals surface area (Å²) in [6.07, 6.45) is 42.0. The summed E-state index contributed by atoms with van der Waals surface area (Å²) in [6, 6.07) is 0.506. The second-order valence-corrected chi connectivity index (χ2v) is 18.8. The predicted octanol–water partition coefficient (Wildman–Crippen LogP) is 16.0. The number of rotatable bonds is 47. The number of carbonyl (C=O) groups is 2. The standard InChI is InChI=1S/C53H105NO5/c1-8-12-25-34-49(35-26-13-9-2)41-46-57-44-32-24-20-16-17-21-29-38-51(53(56)59-45-33-43-54(7)48(5)6)39-30-22-18-19-23-31-40-52(55)58-47-42-50(36-27-14-10-3)37-28-15-11-4/h48-51H,8-47H2,1-7H3. The van der Waals surface area contributed by atoms with Crippen LogP contribution in [0.25, 0.3) is 0 Å². The molecule has 0 rings (SSSR count). The largest absolute Gasteiger partial charge is 0.466 e. The number of hydrogen-bond donors (Lipinski definition) is 0. The quantitative estimate of drug-likeness (QED) is 0.0449. The zero-order chi connectivity index (χ0) is 43.4. The maximum absolute atomic E-state index is 13.2. The first-order chi connectivity index (χ1) is 28.8. The molecule has 6 nitrogen and oxygen atoms in total. The molecule has 352 valence electrons. The number of unbranched alkanes of at least 4 members (excludes halogenated alkanes) is 19. The highest BCUT2D eigenvalue weighted by atomic mass is 16.5. The molecule has 0 aromatic heterocycles. The van der Waals surface area contributed by atoms with Gasteiger partial charge >= 0.3 is 11.9 Å². The Hall–Kier alpha value is -1.14. The van der Waals surface area contributed by atoms with E-state index in [1.54, 1.807) is 0 Å². The molecule has 0 bridgehead atoms. The third-order valence-corrected chi connectivity index (χ3v) is 13.0. The number of nitrogens with zero attached hydrogens (tertiary/aromatic N) is 1. The van der Waals surface area contributed by atoms with E-state index in [9.17, 15) is 9.59 Å². The number of carbonyl (C=O) groups excluding carboxylic acids is 2. The van der Waals surface area contributed by atoms with E-state index in [2.05, 4.69) is 53.5 Å². The van der Waals surface area contributed by atoms with Gasteiger partial charge in [0.25, 0.3) is 0 Å². The number of hydrogen-bond acceptors (Lipinski definition) is 6. The molecule has 0 heterocycles. The Balaban J connectivity index is 4.32. The van der Waals surface area contributed by atoms with E-state index in [1.165, 1.54) is 154 Å². The smallest absolute Gasteiger partial charge is 0.308 e. The molecule has 0 saturated heterocycles. The summed E-state index contributed by atoms with van der Waals surface area (Å²) >= 11 is 0. The monoisotopic (exact) mass is 836 g/mol. The molecular weight excluding hydrogens is 731 g/mol. The van der Waals surface area contributed by atoms with E-state index in [0.717, 1.165) is 89.9 Å². The third-order valence-electron chi connectivity index (χ3n) is 13.0. The van der Waals surface area contributed by atoms with Gasteiger partial charge < -0.3 is 19.1 Å². The van der Waals surface area contributed by atoms with Crippen LogP contribution >= 0.6 is 0 Å². The van der Waals surface area contributed by atoms with Crippen LogP contribution in [0.2, 0.25) is 0 Å². The van der Waals surface area contributed by atoms with Crippen molar-refractivity contribution in [2.75, 3.05) is 40.0 Å². The SMILES string of the molecule is CCCCCC(CCCCC)CCOCCCCCCCCCC(CCCCCCCCC(=O)OCCC(CCCCC)CCCCC)C(=O)OCCCN(C)C(C)C. The molecule has 1 unspecified atom stereocenters. The summed E-state index contributed by atoms with van der Waals surface area (Å²) < 4.78 is 17.6. The molecule has 0 aromatic rings. The normalized spacial score (nSPS) is 12.4. The molecular formula is C53H105NO5. The summed E-state index contributed by atoms with van der Waals surface area (Å²) in [4.78, 5) is 27.9. The Morgan fingerprint density at radius 1 is 0.424 bits per heavy atom. The lowest BCUT2D eigenvalue weighted by Gasteiger charge is -2.21. The Morgan fingerprint density at radius 3 is 1.32 bits per heavy atom. The first kappa shape index (κ1) is 57.9. The average molecular weight is 836 g/mol. The van der Waals surface area contributed by atoms with E-state index >= 15 is 0 Å². The Morgan fingerprint density at radius 2 is 0.847 bits per heavy atom. The first-order valence-electron chi connectivity index (χ1n) is 26.4. The molecule has 0 spiro atoms. The summed E-state index contributed by atoms with van der Waals surface area (Å²) in [5, 5.41) is 0. The molecule has 0 aliphatic carbocycles. The third kappa shape index (κ3) is 39.5. The lowest BCUT2D eigenvalue weighted by Crippen LogP contribution is -2.28. The van der Waals surface area contributed by atoms with Gasteiger partial charge in [0.15, 0.2) is 0 Å². The maximum Gasteiger partial charge on any atom is 0.308 e. The molecule has 0 aliphatic rings. The molecule has 0 radical (unpaired) electrons. The van der Waals surface area contributed by atoms with E-state index in [1.807, 2.05) is 0 Å². The minimum absolute atomic E-state index is 0.0160. The van der Waals surface area contributed by atoms with Crippen molar-refractivity contribution < 1.29 is 23.8 Å². The minimum Gasteiger partial charge on any atom is -0.466 e. The van der Waals surface area contributed by atoms with E-state index in [-0.39, 0.29) is 17.9 Å². The Labute approximate surface area is 369 Å². The highest BCUT2D eigenvalue weighted by Gasteiger charge is 2.20. The van der Waals surface area contributed by atoms with Crippen LogP contribution in [-0.2, 0) is 23.8 Å². The fourth-order valence-electron chi connectivity index (χ4n) is 8.45. The van der Waals surface area contributed by atoms with Crippen molar-refractivity contribution in [3.63, 3.8) is 0 Å². The lowest BCUT2D eigenvalue weighted by atomic mass is 9.92. The van der Waals surface area contributed by atoms with Gasteiger partial charge in [0.05, 0.1) is 19.1 Å². The summed E-state index contributed by atoms with van der Waals surface area (Å²) in [7, 11) is 2.14. The molecule has 0 aliphatic heterocycles. The molecule has 0 N–H and O–H groups in total. The molecule has 0 amide bonds. The topological polar surface area (TPSA) is 65.1 Å². The van der Waals surface area contributed by atoms with Crippen molar-refractivity contribution in [2.45, 2.75) is 272 Å². The van der Waals surface area contributed by atoms with Crippen LogP contribution < -0.4 is 0 Å². The fraction of sp³-hybridized carbons (Fsp3) is 0.962. The molecule has 0 fully saturated rings. The van der Waals surface area contributed by atoms with Crippen molar-refractivity contribution in [3.8, 4) is 0 Å². The number of ether oxygens (including phenoxy) is 3. The van der Waals surface area contributed by atoms with E-state index in [4.69, 9.17) is 14.2 Å². The highest BCUT2D eigenvalue weighted by Crippen LogP contribution is 2.24. The zero-order valence-corrected chi connectivity index (χ0v) is 41.1. The van der Waals surface area contributed by atoms with Crippen molar-refractivity contribution in [1.82, 2.24) is 4.90 Å². The van der Waals surface area contributed by atoms with Crippen LogP contribution in [0.4, 0.5) is 0 Å². The Bertz CT molecular complexity index is 860. The van der Waals surface area contributed by atoms with Crippen LogP contribution in [0.15, 0.2) is 0 Å². The van der Waals surface area contributed by atoms with Gasteiger partial charge in [0, 0.05) is 32.2 Å². The van der Waals surface area contributed by atoms with E-state index in [0.29, 0.717) is 31.6 Å². The minimum atomic E-state index is -0.0160. The van der Waals surface area contributed by atoms with Gasteiger partial charge in [0.1, 0.15) is 0 Å². The maximum atomic E-state index is 13.2. The summed E-state index contributed by atoms with van der Waals surface area (Å²) in [5.41, 5.74) is 0. The van der Waals surface area contributed by atoms with Crippen LogP contribution in [0.3, 0.4) is 0 Å². The van der Waals surface area contributed by atoms with Gasteiger partial charge in [0.2, 0.25) is 0 Å². The van der Waals surface area contributed by atoms with Gasteiger partial charge in [-0.2, -0.15) is 0 Å². The molecule has 1 atom stereocenters. The fourth-order valence-corrected chi connectivity index (χ4v) is 8.45. The van der Waals surface area contributed by atoms with Crippen LogP contribution in [0.5, 0.6) is 0 Å². The van der Waals surface area contributed by atoms with Crippen molar-refractivity contribution in [1.29, 1.82) is 0 Å². The van der Waals surface area contributed by atoms with Gasteiger partial charge in [-0.05, 0) is 77.7 Å². The average Bonchev–Trinajstić information content (AvgIpc) is 3.22. The summed E-state index contributed by atoms with van der Waals surface area (Å²) in [6.45, 7) is 17.5. The zero-order valence-electron chi connectivity index (χ0n) is 41.1.